The molecule has 0 bridgehead atoms. The third kappa shape index (κ3) is 3.87. The molecule has 0 radical (unpaired) electrons. The first kappa shape index (κ1) is 15.6. The Morgan fingerprint density at radius 3 is 2.76 bits per heavy atom. The van der Waals surface area contributed by atoms with E-state index in [1.54, 1.807) is 19.2 Å². The molecule has 2 aromatic rings. The summed E-state index contributed by atoms with van der Waals surface area (Å²) in [5, 5.41) is 8.96. The Kier molecular flexibility index (Phi) is 4.71. The number of carboxylic acid groups (broad SMARTS) is 1. The molecule has 112 valence electrons. The SMILES string of the molecule is Cc1cc(S(=O)(=O)NCCc2ccccn2)sc1C(=O)O. The van der Waals surface area contributed by atoms with Gasteiger partial charge in [-0.1, -0.05) is 6.07 Å². The van der Waals surface area contributed by atoms with E-state index in [4.69, 9.17) is 5.11 Å². The van der Waals surface area contributed by atoms with Gasteiger partial charge in [-0.3, -0.25) is 4.98 Å². The maximum Gasteiger partial charge on any atom is 0.346 e. The molecule has 21 heavy (non-hydrogen) atoms. The molecular weight excluding hydrogens is 312 g/mol. The zero-order chi connectivity index (χ0) is 15.5. The Labute approximate surface area is 126 Å². The minimum Gasteiger partial charge on any atom is -0.477 e. The Morgan fingerprint density at radius 2 is 2.19 bits per heavy atom. The van der Waals surface area contributed by atoms with Crippen LogP contribution in [-0.4, -0.2) is 31.0 Å². The number of thiophene rings is 1. The number of carboxylic acids is 1. The second-order valence-electron chi connectivity index (χ2n) is 4.35. The topological polar surface area (TPSA) is 96.4 Å². The zero-order valence-electron chi connectivity index (χ0n) is 11.2. The predicted octanol–water partition coefficient (Wildman–Crippen LogP) is 1.67. The molecule has 0 aliphatic rings. The van der Waals surface area contributed by atoms with Crippen molar-refractivity contribution in [2.24, 2.45) is 0 Å². The van der Waals surface area contributed by atoms with Gasteiger partial charge in [-0.25, -0.2) is 17.9 Å². The average Bonchev–Trinajstić information content (AvgIpc) is 2.83. The van der Waals surface area contributed by atoms with Crippen molar-refractivity contribution < 1.29 is 18.3 Å². The first-order chi connectivity index (χ1) is 9.90. The summed E-state index contributed by atoms with van der Waals surface area (Å²) < 4.78 is 26.7. The highest BCUT2D eigenvalue weighted by molar-refractivity contribution is 7.91. The maximum absolute atomic E-state index is 12.1. The summed E-state index contributed by atoms with van der Waals surface area (Å²) >= 11 is 0.755. The van der Waals surface area contributed by atoms with Crippen molar-refractivity contribution in [2.75, 3.05) is 6.54 Å². The summed E-state index contributed by atoms with van der Waals surface area (Å²) in [6.45, 7) is 1.78. The minimum absolute atomic E-state index is 0.0124. The average molecular weight is 326 g/mol. The number of carbonyl (C=O) groups is 1. The van der Waals surface area contributed by atoms with E-state index in [1.807, 2.05) is 12.1 Å². The molecule has 0 atom stereocenters. The van der Waals surface area contributed by atoms with Gasteiger partial charge in [0.05, 0.1) is 0 Å². The van der Waals surface area contributed by atoms with Crippen LogP contribution in [0.5, 0.6) is 0 Å². The number of hydrogen-bond donors (Lipinski definition) is 2. The van der Waals surface area contributed by atoms with Gasteiger partial charge >= 0.3 is 5.97 Å². The molecule has 0 aliphatic carbocycles. The number of hydrogen-bond acceptors (Lipinski definition) is 5. The van der Waals surface area contributed by atoms with Gasteiger partial charge in [-0.15, -0.1) is 11.3 Å². The van der Waals surface area contributed by atoms with Crippen molar-refractivity contribution in [1.29, 1.82) is 0 Å². The number of aromatic carboxylic acids is 1. The summed E-state index contributed by atoms with van der Waals surface area (Å²) in [4.78, 5) is 15.1. The molecule has 0 unspecified atom stereocenters. The molecule has 0 aromatic carbocycles. The highest BCUT2D eigenvalue weighted by atomic mass is 32.2. The number of pyridine rings is 1. The molecule has 2 heterocycles. The fourth-order valence-corrected chi connectivity index (χ4v) is 4.18. The van der Waals surface area contributed by atoms with Gasteiger partial charge in [-0.2, -0.15) is 0 Å². The van der Waals surface area contributed by atoms with Gasteiger partial charge in [0, 0.05) is 24.9 Å². The fourth-order valence-electron chi connectivity index (χ4n) is 1.73. The Bertz CT molecular complexity index is 739. The van der Waals surface area contributed by atoms with Crippen LogP contribution in [0.1, 0.15) is 20.9 Å². The predicted molar refractivity (Wildman–Crippen MR) is 79.1 cm³/mol. The molecule has 0 amide bonds. The van der Waals surface area contributed by atoms with E-state index >= 15 is 0 Å². The highest BCUT2D eigenvalue weighted by Gasteiger charge is 2.21. The van der Waals surface area contributed by atoms with Crippen LogP contribution in [0.4, 0.5) is 0 Å². The number of rotatable bonds is 6. The van der Waals surface area contributed by atoms with E-state index in [9.17, 15) is 13.2 Å². The minimum atomic E-state index is -3.69. The standard InChI is InChI=1S/C13H14N2O4S2/c1-9-8-11(20-12(9)13(16)17)21(18,19)15-7-5-10-4-2-3-6-14-10/h2-4,6,8,15H,5,7H2,1H3,(H,16,17). The van der Waals surface area contributed by atoms with Crippen LogP contribution in [0.2, 0.25) is 0 Å². The van der Waals surface area contributed by atoms with E-state index < -0.39 is 16.0 Å². The van der Waals surface area contributed by atoms with Crippen molar-refractivity contribution in [1.82, 2.24) is 9.71 Å². The molecule has 0 aliphatic heterocycles. The van der Waals surface area contributed by atoms with Crippen molar-refractivity contribution >= 4 is 27.3 Å². The smallest absolute Gasteiger partial charge is 0.346 e. The van der Waals surface area contributed by atoms with Crippen LogP contribution in [0.15, 0.2) is 34.7 Å². The fraction of sp³-hybridized carbons (Fsp3) is 0.231. The number of nitrogens with zero attached hydrogens (tertiary/aromatic N) is 1. The molecular formula is C13H14N2O4S2. The molecule has 2 aromatic heterocycles. The molecule has 6 nitrogen and oxygen atoms in total. The van der Waals surface area contributed by atoms with Crippen molar-refractivity contribution in [3.05, 3.63) is 46.6 Å². The lowest BCUT2D eigenvalue weighted by Gasteiger charge is -2.04. The Morgan fingerprint density at radius 1 is 1.43 bits per heavy atom. The van der Waals surface area contributed by atoms with Gasteiger partial charge in [0.1, 0.15) is 9.09 Å². The van der Waals surface area contributed by atoms with E-state index in [0.717, 1.165) is 17.0 Å². The summed E-state index contributed by atoms with van der Waals surface area (Å²) in [5.41, 5.74) is 1.23. The first-order valence-corrected chi connectivity index (χ1v) is 8.43. The van der Waals surface area contributed by atoms with E-state index in [1.165, 1.54) is 6.07 Å². The molecule has 0 spiro atoms. The van der Waals surface area contributed by atoms with Crippen molar-refractivity contribution in [2.45, 2.75) is 17.6 Å². The van der Waals surface area contributed by atoms with Crippen LogP contribution in [0.25, 0.3) is 0 Å². The van der Waals surface area contributed by atoms with Crippen molar-refractivity contribution in [3.63, 3.8) is 0 Å². The van der Waals surface area contributed by atoms with Crippen molar-refractivity contribution in [3.8, 4) is 0 Å². The highest BCUT2D eigenvalue weighted by Crippen LogP contribution is 2.25. The molecule has 2 N–H and O–H groups in total. The largest absolute Gasteiger partial charge is 0.477 e. The summed E-state index contributed by atoms with van der Waals surface area (Å²) in [5.74, 6) is -1.12. The molecule has 0 fully saturated rings. The van der Waals surface area contributed by atoms with E-state index in [-0.39, 0.29) is 15.6 Å². The molecule has 0 saturated carbocycles. The molecule has 8 heteroatoms. The van der Waals surface area contributed by atoms with Gasteiger partial charge in [0.15, 0.2) is 0 Å². The lowest BCUT2D eigenvalue weighted by Crippen LogP contribution is -2.25. The second kappa shape index (κ2) is 6.33. The molecule has 2 rings (SSSR count). The van der Waals surface area contributed by atoms with Crippen LogP contribution in [0, 0.1) is 6.92 Å². The number of aromatic nitrogens is 1. The van der Waals surface area contributed by atoms with Crippen LogP contribution < -0.4 is 4.72 Å². The number of aryl methyl sites for hydroxylation is 1. The second-order valence-corrected chi connectivity index (χ2v) is 7.40. The van der Waals surface area contributed by atoms with E-state index in [2.05, 4.69) is 9.71 Å². The van der Waals surface area contributed by atoms with Gasteiger partial charge in [0.2, 0.25) is 10.0 Å². The Balaban J connectivity index is 2.05. The third-order valence-corrected chi connectivity index (χ3v) is 5.91. The zero-order valence-corrected chi connectivity index (χ0v) is 12.9. The first-order valence-electron chi connectivity index (χ1n) is 6.13. The normalized spacial score (nSPS) is 11.5. The third-order valence-electron chi connectivity index (χ3n) is 2.75. The van der Waals surface area contributed by atoms with Crippen LogP contribution in [-0.2, 0) is 16.4 Å². The quantitative estimate of drug-likeness (QED) is 0.842. The number of sulfonamides is 1. The maximum atomic E-state index is 12.1. The summed E-state index contributed by atoms with van der Waals surface area (Å²) in [7, 11) is -3.69. The van der Waals surface area contributed by atoms with Gasteiger partial charge in [-0.05, 0) is 30.7 Å². The Hall–Kier alpha value is -1.77. The van der Waals surface area contributed by atoms with E-state index in [0.29, 0.717) is 12.0 Å². The van der Waals surface area contributed by atoms with Crippen LogP contribution >= 0.6 is 11.3 Å². The monoisotopic (exact) mass is 326 g/mol. The van der Waals surface area contributed by atoms with Crippen LogP contribution in [0.3, 0.4) is 0 Å². The van der Waals surface area contributed by atoms with Gasteiger partial charge in [0.25, 0.3) is 0 Å². The lowest BCUT2D eigenvalue weighted by molar-refractivity contribution is 0.0701. The van der Waals surface area contributed by atoms with Gasteiger partial charge < -0.3 is 5.11 Å². The summed E-state index contributed by atoms with van der Waals surface area (Å²) in [6, 6.07) is 6.80. The summed E-state index contributed by atoms with van der Waals surface area (Å²) in [6.07, 6.45) is 2.11. The molecule has 0 saturated heterocycles. The number of nitrogens with one attached hydrogen (secondary N) is 1. The lowest BCUT2D eigenvalue weighted by atomic mass is 10.3.